The normalized spacial score (nSPS) is 12.8. The topological polar surface area (TPSA) is 47.0 Å². The van der Waals surface area contributed by atoms with Crippen molar-refractivity contribution < 1.29 is 4.74 Å². The first-order valence-electron chi connectivity index (χ1n) is 7.47. The minimum Gasteiger partial charge on any atom is -0.371 e. The molecule has 1 atom stereocenters. The molecule has 1 aromatic heterocycles. The van der Waals surface area contributed by atoms with Crippen molar-refractivity contribution in [3.63, 3.8) is 0 Å². The Balaban J connectivity index is 3.23. The Labute approximate surface area is 130 Å². The number of nitrogens with one attached hydrogen (secondary N) is 1. The molecule has 0 aliphatic carbocycles. The molecule has 0 spiro atoms. The van der Waals surface area contributed by atoms with Crippen LogP contribution in [0.2, 0.25) is 0 Å². The van der Waals surface area contributed by atoms with Crippen LogP contribution in [0.4, 0.5) is 5.82 Å². The highest BCUT2D eigenvalue weighted by atomic mass is 79.9. The molecule has 114 valence electrons. The van der Waals surface area contributed by atoms with Crippen molar-refractivity contribution >= 4 is 21.7 Å². The second-order valence-electron chi connectivity index (χ2n) is 5.05. The fourth-order valence-corrected chi connectivity index (χ4v) is 2.82. The summed E-state index contributed by atoms with van der Waals surface area (Å²) >= 11 is 3.62. The monoisotopic (exact) mass is 343 g/mol. The quantitative estimate of drug-likeness (QED) is 0.744. The van der Waals surface area contributed by atoms with E-state index in [-0.39, 0.29) is 6.10 Å². The second kappa shape index (κ2) is 8.57. The molecule has 0 fully saturated rings. The van der Waals surface area contributed by atoms with Gasteiger partial charge in [-0.2, -0.15) is 0 Å². The first kappa shape index (κ1) is 17.4. The maximum absolute atomic E-state index is 5.81. The zero-order valence-corrected chi connectivity index (χ0v) is 14.7. The van der Waals surface area contributed by atoms with Crippen molar-refractivity contribution in [1.82, 2.24) is 9.97 Å². The smallest absolute Gasteiger partial charge is 0.159 e. The predicted octanol–water partition coefficient (Wildman–Crippen LogP) is 4.67. The molecular formula is C15H26BrN3O. The zero-order valence-electron chi connectivity index (χ0n) is 13.2. The van der Waals surface area contributed by atoms with Gasteiger partial charge in [0, 0.05) is 13.2 Å². The van der Waals surface area contributed by atoms with Crippen LogP contribution in [0, 0.1) is 0 Å². The first-order chi connectivity index (χ1) is 9.54. The van der Waals surface area contributed by atoms with Crippen LogP contribution in [-0.4, -0.2) is 23.1 Å². The van der Waals surface area contributed by atoms with Crippen LogP contribution in [0.25, 0.3) is 0 Å². The van der Waals surface area contributed by atoms with E-state index < -0.39 is 0 Å². The number of hydrogen-bond acceptors (Lipinski definition) is 4. The Morgan fingerprint density at radius 2 is 1.90 bits per heavy atom. The number of halogens is 1. The minimum absolute atomic E-state index is 0.0204. The van der Waals surface area contributed by atoms with Crippen molar-refractivity contribution in [2.75, 3.05) is 18.5 Å². The molecular weight excluding hydrogens is 318 g/mol. The number of rotatable bonds is 8. The molecule has 5 heteroatoms. The summed E-state index contributed by atoms with van der Waals surface area (Å²) in [7, 11) is 0. The maximum Gasteiger partial charge on any atom is 0.159 e. The van der Waals surface area contributed by atoms with Crippen LogP contribution in [0.15, 0.2) is 4.47 Å². The van der Waals surface area contributed by atoms with Crippen LogP contribution >= 0.6 is 15.9 Å². The Bertz CT molecular complexity index is 418. The lowest BCUT2D eigenvalue weighted by atomic mass is 10.1. The summed E-state index contributed by atoms with van der Waals surface area (Å²) < 4.78 is 6.77. The van der Waals surface area contributed by atoms with Gasteiger partial charge in [-0.05, 0) is 42.1 Å². The van der Waals surface area contributed by atoms with Crippen molar-refractivity contribution in [3.8, 4) is 0 Å². The van der Waals surface area contributed by atoms with Crippen molar-refractivity contribution in [3.05, 3.63) is 16.0 Å². The van der Waals surface area contributed by atoms with E-state index in [2.05, 4.69) is 53.9 Å². The van der Waals surface area contributed by atoms with Gasteiger partial charge in [0.25, 0.3) is 0 Å². The summed E-state index contributed by atoms with van der Waals surface area (Å²) in [4.78, 5) is 9.38. The van der Waals surface area contributed by atoms with Gasteiger partial charge in [0.1, 0.15) is 11.9 Å². The number of ether oxygens (including phenoxy) is 1. The molecule has 0 saturated heterocycles. The van der Waals surface area contributed by atoms with Gasteiger partial charge in [0.05, 0.1) is 10.2 Å². The van der Waals surface area contributed by atoms with Crippen molar-refractivity contribution in [2.24, 2.45) is 0 Å². The fraction of sp³-hybridized carbons (Fsp3) is 0.733. The molecule has 1 rings (SSSR count). The Morgan fingerprint density at radius 3 is 2.40 bits per heavy atom. The lowest BCUT2D eigenvalue weighted by molar-refractivity contribution is 0.0492. The van der Waals surface area contributed by atoms with Crippen molar-refractivity contribution in [2.45, 2.75) is 59.5 Å². The van der Waals surface area contributed by atoms with Crippen molar-refractivity contribution in [1.29, 1.82) is 0 Å². The van der Waals surface area contributed by atoms with Gasteiger partial charge in [-0.25, -0.2) is 9.97 Å². The molecule has 0 radical (unpaired) electrons. The summed E-state index contributed by atoms with van der Waals surface area (Å²) in [5, 5.41) is 3.30. The molecule has 0 saturated carbocycles. The van der Waals surface area contributed by atoms with Gasteiger partial charge in [0.15, 0.2) is 5.82 Å². The molecule has 20 heavy (non-hydrogen) atoms. The molecule has 1 N–H and O–H groups in total. The molecule has 0 aliphatic rings. The molecule has 0 aromatic carbocycles. The average molecular weight is 344 g/mol. The number of nitrogens with zero attached hydrogens (tertiary/aromatic N) is 2. The number of anilines is 1. The molecule has 4 nitrogen and oxygen atoms in total. The highest BCUT2D eigenvalue weighted by Gasteiger charge is 2.20. The van der Waals surface area contributed by atoms with E-state index in [0.717, 1.165) is 41.2 Å². The fourth-order valence-electron chi connectivity index (χ4n) is 2.04. The molecule has 0 aliphatic heterocycles. The highest BCUT2D eigenvalue weighted by molar-refractivity contribution is 9.10. The van der Waals surface area contributed by atoms with E-state index in [1.165, 1.54) is 0 Å². The number of hydrogen-bond donors (Lipinski definition) is 1. The Hall–Kier alpha value is -0.680. The van der Waals surface area contributed by atoms with Crippen LogP contribution < -0.4 is 5.32 Å². The molecule has 1 heterocycles. The van der Waals surface area contributed by atoms with E-state index in [1.807, 2.05) is 6.92 Å². The summed E-state index contributed by atoms with van der Waals surface area (Å²) in [6.45, 7) is 12.0. The third kappa shape index (κ3) is 4.42. The van der Waals surface area contributed by atoms with E-state index in [4.69, 9.17) is 9.72 Å². The van der Waals surface area contributed by atoms with Gasteiger partial charge in [-0.1, -0.05) is 27.2 Å². The zero-order chi connectivity index (χ0) is 15.1. The largest absolute Gasteiger partial charge is 0.371 e. The van der Waals surface area contributed by atoms with Crippen LogP contribution in [0.5, 0.6) is 0 Å². The number of aromatic nitrogens is 2. The lowest BCUT2D eigenvalue weighted by Gasteiger charge is -2.19. The van der Waals surface area contributed by atoms with Crippen LogP contribution in [0.1, 0.15) is 71.0 Å². The second-order valence-corrected chi connectivity index (χ2v) is 5.84. The molecule has 1 unspecified atom stereocenters. The predicted molar refractivity (Wildman–Crippen MR) is 87.3 cm³/mol. The summed E-state index contributed by atoms with van der Waals surface area (Å²) in [6.07, 6.45) is 1.98. The lowest BCUT2D eigenvalue weighted by Crippen LogP contribution is -2.14. The Kier molecular flexibility index (Phi) is 7.45. The van der Waals surface area contributed by atoms with E-state index in [9.17, 15) is 0 Å². The maximum atomic E-state index is 5.81. The minimum atomic E-state index is -0.0204. The summed E-state index contributed by atoms with van der Waals surface area (Å²) in [5.74, 6) is 1.99. The summed E-state index contributed by atoms with van der Waals surface area (Å²) in [5.41, 5.74) is 1.03. The van der Waals surface area contributed by atoms with Gasteiger partial charge in [-0.15, -0.1) is 0 Å². The van der Waals surface area contributed by atoms with Crippen LogP contribution in [0.3, 0.4) is 0 Å². The Morgan fingerprint density at radius 1 is 1.20 bits per heavy atom. The molecule has 0 amide bonds. The van der Waals surface area contributed by atoms with Gasteiger partial charge in [-0.3, -0.25) is 0 Å². The first-order valence-corrected chi connectivity index (χ1v) is 8.27. The van der Waals surface area contributed by atoms with Gasteiger partial charge >= 0.3 is 0 Å². The van der Waals surface area contributed by atoms with Crippen LogP contribution in [-0.2, 0) is 4.74 Å². The third-order valence-electron chi connectivity index (χ3n) is 2.99. The van der Waals surface area contributed by atoms with Gasteiger partial charge < -0.3 is 10.1 Å². The SMILES string of the molecule is CCCC(OCC)c1nc(NCC)c(Br)c(C(C)C)n1. The van der Waals surface area contributed by atoms with E-state index in [0.29, 0.717) is 12.5 Å². The highest BCUT2D eigenvalue weighted by Crippen LogP contribution is 2.31. The summed E-state index contributed by atoms with van der Waals surface area (Å²) in [6, 6.07) is 0. The van der Waals surface area contributed by atoms with E-state index in [1.54, 1.807) is 0 Å². The van der Waals surface area contributed by atoms with Gasteiger partial charge in [0.2, 0.25) is 0 Å². The molecule has 0 bridgehead atoms. The standard InChI is InChI=1S/C15H26BrN3O/c1-6-9-11(20-8-3)14-18-13(10(4)5)12(16)15(19-14)17-7-2/h10-11H,6-9H2,1-5H3,(H,17,18,19). The van der Waals surface area contributed by atoms with E-state index >= 15 is 0 Å². The third-order valence-corrected chi connectivity index (χ3v) is 3.77. The molecule has 1 aromatic rings. The average Bonchev–Trinajstić information content (AvgIpc) is 2.40.